The Morgan fingerprint density at radius 2 is 1.97 bits per heavy atom. The zero-order valence-corrected chi connectivity index (χ0v) is 16.9. The largest absolute Gasteiger partial charge is 0.496 e. The molecular weight excluding hydrogens is 366 g/mol. The molecule has 0 aliphatic carbocycles. The fraction of sp³-hybridized carbons (Fsp3) is 0.227. The normalized spacial score (nSPS) is 15.5. The Bertz CT molecular complexity index is 1120. The number of aryl methyl sites for hydroxylation is 2. The van der Waals surface area contributed by atoms with E-state index < -0.39 is 6.04 Å². The molecule has 4 rings (SSSR count). The van der Waals surface area contributed by atoms with Crippen LogP contribution in [0, 0.1) is 13.8 Å². The summed E-state index contributed by atoms with van der Waals surface area (Å²) < 4.78 is 7.28. The zero-order chi connectivity index (χ0) is 20.5. The number of allylic oxidation sites excluding steroid dienone is 1. The summed E-state index contributed by atoms with van der Waals surface area (Å²) in [4.78, 5) is 17.7. The van der Waals surface area contributed by atoms with Gasteiger partial charge in [0.2, 0.25) is 5.95 Å². The maximum atomic E-state index is 13.4. The Kier molecular flexibility index (Phi) is 4.80. The maximum absolute atomic E-state index is 13.4. The van der Waals surface area contributed by atoms with E-state index in [2.05, 4.69) is 20.7 Å². The van der Waals surface area contributed by atoms with Crippen LogP contribution in [0.25, 0.3) is 0 Å². The standard InChI is InChI=1S/C22H23N5O2/c1-13-9-10-17(14(2)11-13)26-21(28)19-15(3)25-22-23-12-24-27(22)20(19)16-7-5-6-8-18(16)29-4/h5-12,20H,1-4H3,(H,26,28)(H,23,24,25). The van der Waals surface area contributed by atoms with Gasteiger partial charge >= 0.3 is 0 Å². The molecule has 2 N–H and O–H groups in total. The molecule has 1 aliphatic rings. The molecule has 1 atom stereocenters. The topological polar surface area (TPSA) is 81.1 Å². The molecular formula is C22H23N5O2. The van der Waals surface area contributed by atoms with Crippen molar-refractivity contribution >= 4 is 17.5 Å². The first-order chi connectivity index (χ1) is 14.0. The van der Waals surface area contributed by atoms with Crippen molar-refractivity contribution in [2.75, 3.05) is 17.7 Å². The van der Waals surface area contributed by atoms with Gasteiger partial charge in [-0.3, -0.25) is 4.79 Å². The Balaban J connectivity index is 1.80. The minimum absolute atomic E-state index is 0.195. The van der Waals surface area contributed by atoms with Crippen LogP contribution in [-0.2, 0) is 4.79 Å². The molecule has 2 heterocycles. The molecule has 0 fully saturated rings. The third kappa shape index (κ3) is 3.35. The lowest BCUT2D eigenvalue weighted by atomic mass is 9.94. The second-order valence-corrected chi connectivity index (χ2v) is 7.11. The third-order valence-corrected chi connectivity index (χ3v) is 5.10. The Labute approximate surface area is 169 Å². The van der Waals surface area contributed by atoms with E-state index in [9.17, 15) is 4.79 Å². The summed E-state index contributed by atoms with van der Waals surface area (Å²) in [7, 11) is 1.62. The van der Waals surface area contributed by atoms with Crippen molar-refractivity contribution in [1.29, 1.82) is 0 Å². The summed E-state index contributed by atoms with van der Waals surface area (Å²) in [5, 5.41) is 10.6. The third-order valence-electron chi connectivity index (χ3n) is 5.10. The highest BCUT2D eigenvalue weighted by atomic mass is 16.5. The minimum Gasteiger partial charge on any atom is -0.496 e. The van der Waals surface area contributed by atoms with Crippen LogP contribution < -0.4 is 15.4 Å². The maximum Gasteiger partial charge on any atom is 0.255 e. The number of ether oxygens (including phenoxy) is 1. The quantitative estimate of drug-likeness (QED) is 0.709. The number of carbonyl (C=O) groups excluding carboxylic acids is 1. The highest BCUT2D eigenvalue weighted by Crippen LogP contribution is 2.39. The molecule has 148 valence electrons. The van der Waals surface area contributed by atoms with E-state index in [1.807, 2.05) is 63.2 Å². The monoisotopic (exact) mass is 389 g/mol. The van der Waals surface area contributed by atoms with Gasteiger partial charge < -0.3 is 15.4 Å². The van der Waals surface area contributed by atoms with Crippen molar-refractivity contribution in [3.05, 3.63) is 76.8 Å². The van der Waals surface area contributed by atoms with Crippen molar-refractivity contribution in [1.82, 2.24) is 14.8 Å². The Morgan fingerprint density at radius 3 is 2.72 bits per heavy atom. The van der Waals surface area contributed by atoms with Crippen molar-refractivity contribution in [3.8, 4) is 5.75 Å². The smallest absolute Gasteiger partial charge is 0.255 e. The number of anilines is 2. The average Bonchev–Trinajstić information content (AvgIpc) is 3.17. The lowest BCUT2D eigenvalue weighted by Crippen LogP contribution is -2.31. The molecule has 7 nitrogen and oxygen atoms in total. The van der Waals surface area contributed by atoms with E-state index in [1.54, 1.807) is 11.8 Å². The molecule has 0 saturated heterocycles. The molecule has 1 aliphatic heterocycles. The molecule has 7 heteroatoms. The summed E-state index contributed by atoms with van der Waals surface area (Å²) in [5.41, 5.74) is 5.07. The highest BCUT2D eigenvalue weighted by molar-refractivity contribution is 6.06. The molecule has 0 spiro atoms. The number of nitrogens with one attached hydrogen (secondary N) is 2. The number of hydrogen-bond acceptors (Lipinski definition) is 5. The number of carbonyl (C=O) groups is 1. The average molecular weight is 389 g/mol. The number of benzene rings is 2. The van der Waals surface area contributed by atoms with E-state index in [4.69, 9.17) is 4.74 Å². The molecule has 0 bridgehead atoms. The van der Waals surface area contributed by atoms with Gasteiger partial charge in [0.05, 0.1) is 12.7 Å². The van der Waals surface area contributed by atoms with E-state index in [0.29, 0.717) is 17.3 Å². The van der Waals surface area contributed by atoms with Crippen LogP contribution in [0.3, 0.4) is 0 Å². The van der Waals surface area contributed by atoms with Crippen molar-refractivity contribution in [2.45, 2.75) is 26.8 Å². The van der Waals surface area contributed by atoms with Crippen molar-refractivity contribution in [2.24, 2.45) is 0 Å². The minimum atomic E-state index is -0.462. The van der Waals surface area contributed by atoms with Crippen LogP contribution in [0.1, 0.15) is 29.7 Å². The van der Waals surface area contributed by atoms with Gasteiger partial charge in [-0.25, -0.2) is 4.68 Å². The van der Waals surface area contributed by atoms with Gasteiger partial charge in [0.1, 0.15) is 18.1 Å². The van der Waals surface area contributed by atoms with E-state index in [1.165, 1.54) is 6.33 Å². The fourth-order valence-electron chi connectivity index (χ4n) is 3.71. The van der Waals surface area contributed by atoms with E-state index >= 15 is 0 Å². The lowest BCUT2D eigenvalue weighted by Gasteiger charge is -2.29. The zero-order valence-electron chi connectivity index (χ0n) is 16.9. The van der Waals surface area contributed by atoms with Gasteiger partial charge in [-0.2, -0.15) is 10.1 Å². The molecule has 1 amide bonds. The molecule has 0 saturated carbocycles. The van der Waals surface area contributed by atoms with Gasteiger partial charge in [-0.05, 0) is 38.5 Å². The first-order valence-electron chi connectivity index (χ1n) is 9.38. The van der Waals surface area contributed by atoms with Gasteiger partial charge in [-0.1, -0.05) is 35.9 Å². The van der Waals surface area contributed by atoms with Crippen LogP contribution in [0.15, 0.2) is 60.1 Å². The summed E-state index contributed by atoms with van der Waals surface area (Å²) in [6, 6.07) is 13.1. The summed E-state index contributed by atoms with van der Waals surface area (Å²) >= 11 is 0. The molecule has 1 aromatic heterocycles. The first-order valence-corrected chi connectivity index (χ1v) is 9.38. The molecule has 3 aromatic rings. The van der Waals surface area contributed by atoms with Crippen LogP contribution in [0.4, 0.5) is 11.6 Å². The van der Waals surface area contributed by atoms with E-state index in [-0.39, 0.29) is 5.91 Å². The number of rotatable bonds is 4. The number of aromatic nitrogens is 3. The molecule has 1 unspecified atom stereocenters. The fourth-order valence-corrected chi connectivity index (χ4v) is 3.71. The number of para-hydroxylation sites is 1. The van der Waals surface area contributed by atoms with Crippen LogP contribution >= 0.6 is 0 Å². The summed E-state index contributed by atoms with van der Waals surface area (Å²) in [5.74, 6) is 1.07. The van der Waals surface area contributed by atoms with Crippen molar-refractivity contribution < 1.29 is 9.53 Å². The van der Waals surface area contributed by atoms with Gasteiger partial charge in [0.25, 0.3) is 5.91 Å². The van der Waals surface area contributed by atoms with Gasteiger partial charge in [-0.15, -0.1) is 0 Å². The SMILES string of the molecule is COc1ccccc1C1C(C(=O)Nc2ccc(C)cc2C)=C(C)Nc2ncnn21. The molecule has 0 radical (unpaired) electrons. The predicted octanol–water partition coefficient (Wildman–Crippen LogP) is 3.83. The van der Waals surface area contributed by atoms with Gasteiger partial charge in [0.15, 0.2) is 0 Å². The Hall–Kier alpha value is -3.61. The number of fused-ring (bicyclic) bond motifs is 1. The van der Waals surface area contributed by atoms with Crippen LogP contribution in [0.5, 0.6) is 5.75 Å². The van der Waals surface area contributed by atoms with E-state index in [0.717, 1.165) is 28.1 Å². The number of hydrogen-bond donors (Lipinski definition) is 2. The first kappa shape index (κ1) is 18.7. The number of amides is 1. The second kappa shape index (κ2) is 7.43. The van der Waals surface area contributed by atoms with Crippen LogP contribution in [0.2, 0.25) is 0 Å². The summed E-state index contributed by atoms with van der Waals surface area (Å²) in [6.07, 6.45) is 1.48. The predicted molar refractivity (Wildman–Crippen MR) is 112 cm³/mol. The summed E-state index contributed by atoms with van der Waals surface area (Å²) in [6.45, 7) is 5.88. The van der Waals surface area contributed by atoms with Crippen LogP contribution in [-0.4, -0.2) is 27.8 Å². The second-order valence-electron chi connectivity index (χ2n) is 7.11. The molecule has 2 aromatic carbocycles. The highest BCUT2D eigenvalue weighted by Gasteiger charge is 2.35. The molecule has 29 heavy (non-hydrogen) atoms. The number of methoxy groups -OCH3 is 1. The lowest BCUT2D eigenvalue weighted by molar-refractivity contribution is -0.113. The Morgan fingerprint density at radius 1 is 1.17 bits per heavy atom. The van der Waals surface area contributed by atoms with Gasteiger partial charge in [0, 0.05) is 16.9 Å². The number of nitrogens with zero attached hydrogens (tertiary/aromatic N) is 3. The van der Waals surface area contributed by atoms with Crippen molar-refractivity contribution in [3.63, 3.8) is 0 Å².